The van der Waals surface area contributed by atoms with Crippen LogP contribution in [0, 0.1) is 0 Å². The number of aromatic amines is 1. The third-order valence-electron chi connectivity index (χ3n) is 4.52. The summed E-state index contributed by atoms with van der Waals surface area (Å²) in [6.45, 7) is 0. The maximum atomic E-state index is 12.2. The minimum atomic E-state index is -0.404. The Hall–Kier alpha value is -3.98. The van der Waals surface area contributed by atoms with Crippen molar-refractivity contribution in [2.24, 2.45) is 0 Å². The Balaban J connectivity index is 1.25. The second-order valence-electron chi connectivity index (χ2n) is 6.77. The van der Waals surface area contributed by atoms with Gasteiger partial charge in [-0.25, -0.2) is 4.98 Å². The second kappa shape index (κ2) is 9.23. The van der Waals surface area contributed by atoms with Gasteiger partial charge in [0.15, 0.2) is 5.13 Å². The van der Waals surface area contributed by atoms with E-state index < -0.39 is 5.91 Å². The molecule has 3 amide bonds. The Labute approximate surface area is 181 Å². The number of para-hydroxylation sites is 1. The van der Waals surface area contributed by atoms with E-state index >= 15 is 0 Å². The zero-order valence-electron chi connectivity index (χ0n) is 16.3. The van der Waals surface area contributed by atoms with Crippen LogP contribution in [-0.4, -0.2) is 27.7 Å². The standard InChI is InChI=1S/C22H19N5O3S/c28-19(10-15-12-23-18-9-5-4-8-17(15)18)26-27-20(29)11-16-13-31-22(24-16)25-21(30)14-6-2-1-3-7-14/h1-9,12-13,23H,10-11H2,(H,26,28)(H,27,29)(H,24,25,30). The molecule has 4 aromatic rings. The van der Waals surface area contributed by atoms with Gasteiger partial charge in [-0.3, -0.25) is 30.6 Å². The molecule has 0 saturated carbocycles. The fraction of sp³-hybridized carbons (Fsp3) is 0.0909. The number of anilines is 1. The number of hydrogen-bond acceptors (Lipinski definition) is 5. The first kappa shape index (κ1) is 20.3. The molecular formula is C22H19N5O3S. The molecule has 0 atom stereocenters. The SMILES string of the molecule is O=C(Cc1csc(NC(=O)c2ccccc2)n1)NNC(=O)Cc1c[nH]c2ccccc12. The third-order valence-corrected chi connectivity index (χ3v) is 5.32. The van der Waals surface area contributed by atoms with Crippen molar-refractivity contribution in [3.63, 3.8) is 0 Å². The minimum Gasteiger partial charge on any atom is -0.361 e. The summed E-state index contributed by atoms with van der Waals surface area (Å²) in [7, 11) is 0. The third kappa shape index (κ3) is 5.14. The lowest BCUT2D eigenvalue weighted by Gasteiger charge is -2.06. The molecule has 0 unspecified atom stereocenters. The van der Waals surface area contributed by atoms with Gasteiger partial charge in [0.2, 0.25) is 11.8 Å². The number of hydrogen-bond donors (Lipinski definition) is 4. The Morgan fingerprint density at radius 3 is 2.42 bits per heavy atom. The minimum absolute atomic E-state index is 0.0227. The van der Waals surface area contributed by atoms with E-state index in [2.05, 4.69) is 26.1 Å². The van der Waals surface area contributed by atoms with E-state index in [4.69, 9.17) is 0 Å². The van der Waals surface area contributed by atoms with Crippen molar-refractivity contribution in [3.8, 4) is 0 Å². The van der Waals surface area contributed by atoms with Crippen molar-refractivity contribution in [2.75, 3.05) is 5.32 Å². The highest BCUT2D eigenvalue weighted by Gasteiger charge is 2.13. The Bertz CT molecular complexity index is 1230. The van der Waals surface area contributed by atoms with Crippen LogP contribution in [0.4, 0.5) is 5.13 Å². The van der Waals surface area contributed by atoms with Crippen LogP contribution in [0.1, 0.15) is 21.6 Å². The number of carbonyl (C=O) groups excluding carboxylic acids is 3. The molecular weight excluding hydrogens is 414 g/mol. The summed E-state index contributed by atoms with van der Waals surface area (Å²) in [6, 6.07) is 16.5. The van der Waals surface area contributed by atoms with Gasteiger partial charge in [-0.05, 0) is 23.8 Å². The first-order valence-corrected chi connectivity index (χ1v) is 10.4. The molecule has 156 valence electrons. The molecule has 0 radical (unpaired) electrons. The second-order valence-corrected chi connectivity index (χ2v) is 7.63. The summed E-state index contributed by atoms with van der Waals surface area (Å²) in [4.78, 5) is 43.8. The Morgan fingerprint density at radius 1 is 0.903 bits per heavy atom. The number of aromatic nitrogens is 2. The van der Waals surface area contributed by atoms with Crippen molar-refractivity contribution < 1.29 is 14.4 Å². The molecule has 2 aromatic heterocycles. The zero-order chi connectivity index (χ0) is 21.6. The topological polar surface area (TPSA) is 116 Å². The van der Waals surface area contributed by atoms with Gasteiger partial charge in [0.1, 0.15) is 0 Å². The molecule has 0 saturated heterocycles. The van der Waals surface area contributed by atoms with Gasteiger partial charge in [-0.2, -0.15) is 0 Å². The molecule has 2 heterocycles. The smallest absolute Gasteiger partial charge is 0.257 e. The number of benzene rings is 2. The van der Waals surface area contributed by atoms with E-state index in [9.17, 15) is 14.4 Å². The number of fused-ring (bicyclic) bond motifs is 1. The highest BCUT2D eigenvalue weighted by atomic mass is 32.1. The summed E-state index contributed by atoms with van der Waals surface area (Å²) >= 11 is 1.23. The van der Waals surface area contributed by atoms with Crippen LogP contribution in [0.3, 0.4) is 0 Å². The molecule has 2 aromatic carbocycles. The van der Waals surface area contributed by atoms with E-state index in [-0.39, 0.29) is 24.7 Å². The highest BCUT2D eigenvalue weighted by Crippen LogP contribution is 2.18. The number of H-pyrrole nitrogens is 1. The first-order chi connectivity index (χ1) is 15.1. The van der Waals surface area contributed by atoms with E-state index in [1.165, 1.54) is 11.3 Å². The summed E-state index contributed by atoms with van der Waals surface area (Å²) in [5.74, 6) is -0.999. The maximum Gasteiger partial charge on any atom is 0.257 e. The monoisotopic (exact) mass is 433 g/mol. The predicted molar refractivity (Wildman–Crippen MR) is 119 cm³/mol. The van der Waals surface area contributed by atoms with Gasteiger partial charge in [0, 0.05) is 28.0 Å². The number of rotatable bonds is 6. The molecule has 0 bridgehead atoms. The fourth-order valence-electron chi connectivity index (χ4n) is 3.05. The fourth-order valence-corrected chi connectivity index (χ4v) is 3.75. The first-order valence-electron chi connectivity index (χ1n) is 9.52. The maximum absolute atomic E-state index is 12.2. The molecule has 0 fully saturated rings. The van der Waals surface area contributed by atoms with Gasteiger partial charge < -0.3 is 4.98 Å². The van der Waals surface area contributed by atoms with E-state index in [0.29, 0.717) is 16.4 Å². The average Bonchev–Trinajstić information content (AvgIpc) is 3.40. The molecule has 0 aliphatic heterocycles. The molecule has 4 N–H and O–H groups in total. The van der Waals surface area contributed by atoms with E-state index in [1.54, 1.807) is 35.8 Å². The molecule has 0 aliphatic rings. The van der Waals surface area contributed by atoms with E-state index in [0.717, 1.165) is 16.5 Å². The van der Waals surface area contributed by atoms with Crippen molar-refractivity contribution >= 4 is 45.1 Å². The van der Waals surface area contributed by atoms with E-state index in [1.807, 2.05) is 30.3 Å². The van der Waals surface area contributed by atoms with Crippen LogP contribution < -0.4 is 16.2 Å². The van der Waals surface area contributed by atoms with Gasteiger partial charge >= 0.3 is 0 Å². The average molecular weight is 433 g/mol. The van der Waals surface area contributed by atoms with Crippen molar-refractivity contribution in [1.29, 1.82) is 0 Å². The Morgan fingerprint density at radius 2 is 1.61 bits per heavy atom. The van der Waals surface area contributed by atoms with Gasteiger partial charge in [0.25, 0.3) is 5.91 Å². The number of nitrogens with zero attached hydrogens (tertiary/aromatic N) is 1. The quantitative estimate of drug-likeness (QED) is 0.350. The summed E-state index contributed by atoms with van der Waals surface area (Å²) in [6.07, 6.45) is 1.90. The van der Waals surface area contributed by atoms with Crippen LogP contribution in [0.2, 0.25) is 0 Å². The van der Waals surface area contributed by atoms with Crippen LogP contribution >= 0.6 is 11.3 Å². The predicted octanol–water partition coefficient (Wildman–Crippen LogP) is 2.81. The number of thiazole rings is 1. The number of hydrazine groups is 1. The zero-order valence-corrected chi connectivity index (χ0v) is 17.2. The van der Waals surface area contributed by atoms with Crippen LogP contribution in [0.15, 0.2) is 66.2 Å². The van der Waals surface area contributed by atoms with Gasteiger partial charge in [-0.1, -0.05) is 36.4 Å². The van der Waals surface area contributed by atoms with Crippen molar-refractivity contribution in [1.82, 2.24) is 20.8 Å². The van der Waals surface area contributed by atoms with Crippen molar-refractivity contribution in [2.45, 2.75) is 12.8 Å². The van der Waals surface area contributed by atoms with Gasteiger partial charge in [-0.15, -0.1) is 11.3 Å². The lowest BCUT2D eigenvalue weighted by Crippen LogP contribution is -2.43. The Kier molecular flexibility index (Phi) is 6.04. The normalized spacial score (nSPS) is 10.6. The highest BCUT2D eigenvalue weighted by molar-refractivity contribution is 7.14. The van der Waals surface area contributed by atoms with Crippen LogP contribution in [0.25, 0.3) is 10.9 Å². The summed E-state index contributed by atoms with van der Waals surface area (Å²) in [5, 5.41) is 5.77. The molecule has 31 heavy (non-hydrogen) atoms. The molecule has 8 nitrogen and oxygen atoms in total. The molecule has 0 aliphatic carbocycles. The molecule has 9 heteroatoms. The number of amides is 3. The number of carbonyl (C=O) groups is 3. The lowest BCUT2D eigenvalue weighted by atomic mass is 10.1. The van der Waals surface area contributed by atoms with Crippen LogP contribution in [-0.2, 0) is 22.4 Å². The van der Waals surface area contributed by atoms with Crippen molar-refractivity contribution in [3.05, 3.63) is 83.0 Å². The molecule has 4 rings (SSSR count). The largest absolute Gasteiger partial charge is 0.361 e. The summed E-state index contributed by atoms with van der Waals surface area (Å²) in [5.41, 5.74) is 7.64. The summed E-state index contributed by atoms with van der Waals surface area (Å²) < 4.78 is 0. The number of nitrogens with one attached hydrogen (secondary N) is 4. The van der Waals surface area contributed by atoms with Gasteiger partial charge in [0.05, 0.1) is 18.5 Å². The lowest BCUT2D eigenvalue weighted by molar-refractivity contribution is -0.128. The molecule has 0 spiro atoms. The van der Waals surface area contributed by atoms with Crippen LogP contribution in [0.5, 0.6) is 0 Å².